The number of pyridine rings is 1. The molecule has 0 bridgehead atoms. The van der Waals surface area contributed by atoms with Gasteiger partial charge in [-0.1, -0.05) is 6.07 Å². The molecule has 0 atom stereocenters. The van der Waals surface area contributed by atoms with E-state index >= 15 is 0 Å². The third-order valence-electron chi connectivity index (χ3n) is 3.21. The van der Waals surface area contributed by atoms with Crippen LogP contribution in [0.25, 0.3) is 10.2 Å². The summed E-state index contributed by atoms with van der Waals surface area (Å²) >= 11 is 6.17. The Labute approximate surface area is 134 Å². The fourth-order valence-corrected chi connectivity index (χ4v) is 3.54. The van der Waals surface area contributed by atoms with E-state index in [0.717, 1.165) is 5.56 Å². The molecule has 3 heterocycles. The quantitative estimate of drug-likeness (QED) is 0.642. The Balaban J connectivity index is 1.91. The number of hydrogen-bond acceptors (Lipinski definition) is 5. The third kappa shape index (κ3) is 2.70. The summed E-state index contributed by atoms with van der Waals surface area (Å²) in [5.41, 5.74) is 1.28. The summed E-state index contributed by atoms with van der Waals surface area (Å²) < 4.78 is 0.251. The van der Waals surface area contributed by atoms with E-state index in [2.05, 4.69) is 20.3 Å². The molecule has 0 aliphatic heterocycles. The first-order valence-corrected chi connectivity index (χ1v) is 7.71. The van der Waals surface area contributed by atoms with Gasteiger partial charge in [0.05, 0.1) is 10.3 Å². The van der Waals surface area contributed by atoms with Crippen molar-refractivity contribution < 1.29 is 4.79 Å². The number of aryl methyl sites for hydroxylation is 1. The normalized spacial score (nSPS) is 10.8. The van der Waals surface area contributed by atoms with Crippen molar-refractivity contribution in [3.8, 4) is 0 Å². The van der Waals surface area contributed by atoms with Gasteiger partial charge in [-0.15, -0.1) is 11.3 Å². The highest BCUT2D eigenvalue weighted by Crippen LogP contribution is 2.26. The van der Waals surface area contributed by atoms with E-state index in [1.807, 2.05) is 12.1 Å². The minimum atomic E-state index is -0.279. The summed E-state index contributed by atoms with van der Waals surface area (Å²) in [6.07, 6.45) is 3.37. The smallest absolute Gasteiger partial charge is 0.261 e. The second-order valence-corrected chi connectivity index (χ2v) is 6.14. The molecule has 0 spiro atoms. The molecule has 0 fully saturated rings. The first kappa shape index (κ1) is 14.6. The van der Waals surface area contributed by atoms with E-state index in [1.165, 1.54) is 11.3 Å². The molecule has 3 aromatic rings. The topological polar surface area (TPSA) is 90.6 Å². The van der Waals surface area contributed by atoms with Gasteiger partial charge in [0.25, 0.3) is 11.5 Å². The second kappa shape index (κ2) is 5.82. The lowest BCUT2D eigenvalue weighted by Gasteiger charge is -2.03. The van der Waals surface area contributed by atoms with Crippen molar-refractivity contribution in [2.24, 2.45) is 0 Å². The number of rotatable bonds is 3. The van der Waals surface area contributed by atoms with Crippen LogP contribution in [0.3, 0.4) is 0 Å². The van der Waals surface area contributed by atoms with E-state index in [0.29, 0.717) is 27.2 Å². The molecule has 0 aliphatic carbocycles. The van der Waals surface area contributed by atoms with Crippen LogP contribution in [0.15, 0.2) is 29.3 Å². The van der Waals surface area contributed by atoms with Gasteiger partial charge in [-0.25, -0.2) is 0 Å². The number of aromatic nitrogens is 3. The summed E-state index contributed by atoms with van der Waals surface area (Å²) in [6.45, 7) is 2.14. The van der Waals surface area contributed by atoms with Crippen molar-refractivity contribution in [1.29, 1.82) is 0 Å². The van der Waals surface area contributed by atoms with Gasteiger partial charge in [0.1, 0.15) is 4.83 Å². The summed E-state index contributed by atoms with van der Waals surface area (Å²) in [6, 6.07) is 3.69. The van der Waals surface area contributed by atoms with Crippen LogP contribution in [0.1, 0.15) is 20.8 Å². The standard InChI is InChI=1S/C14H12N4O2S2/c1-7-9-11(19)17-14(21)18-13(9)22-10(7)12(20)16-6-8-3-2-4-15-5-8/h2-5H,6H2,1H3,(H,16,20)(H2,17,18,19,21). The average molecular weight is 332 g/mol. The molecular formula is C14H12N4O2S2. The molecule has 0 aromatic carbocycles. The number of aromatic amines is 2. The molecule has 0 aliphatic rings. The third-order valence-corrected chi connectivity index (χ3v) is 4.62. The SMILES string of the molecule is Cc1c(C(=O)NCc2cccnc2)sc2[nH]c(=S)[nH]c(=O)c12. The number of thiophene rings is 1. The Hall–Kier alpha value is -2.32. The Morgan fingerprint density at radius 2 is 2.27 bits per heavy atom. The molecule has 8 heteroatoms. The number of carbonyl (C=O) groups is 1. The zero-order valence-corrected chi connectivity index (χ0v) is 13.2. The zero-order chi connectivity index (χ0) is 15.7. The molecule has 6 nitrogen and oxygen atoms in total. The molecule has 1 amide bonds. The Morgan fingerprint density at radius 1 is 1.45 bits per heavy atom. The second-order valence-electron chi connectivity index (χ2n) is 4.71. The molecular weight excluding hydrogens is 320 g/mol. The van der Waals surface area contributed by atoms with Gasteiger partial charge in [0, 0.05) is 18.9 Å². The Bertz CT molecular complexity index is 956. The van der Waals surface area contributed by atoms with E-state index < -0.39 is 0 Å². The largest absolute Gasteiger partial charge is 0.347 e. The number of fused-ring (bicyclic) bond motifs is 1. The lowest BCUT2D eigenvalue weighted by Crippen LogP contribution is -2.22. The number of H-pyrrole nitrogens is 2. The Kier molecular flexibility index (Phi) is 3.86. The zero-order valence-electron chi connectivity index (χ0n) is 11.6. The minimum absolute atomic E-state index is 0.221. The maximum absolute atomic E-state index is 12.3. The minimum Gasteiger partial charge on any atom is -0.347 e. The van der Waals surface area contributed by atoms with Crippen LogP contribution >= 0.6 is 23.6 Å². The molecule has 112 valence electrons. The summed E-state index contributed by atoms with van der Waals surface area (Å²) in [7, 11) is 0. The predicted molar refractivity (Wildman–Crippen MR) is 87.8 cm³/mol. The van der Waals surface area contributed by atoms with Crippen molar-refractivity contribution in [2.75, 3.05) is 0 Å². The van der Waals surface area contributed by atoms with Gasteiger partial charge in [0.15, 0.2) is 4.77 Å². The lowest BCUT2D eigenvalue weighted by molar-refractivity contribution is 0.0954. The maximum atomic E-state index is 12.3. The molecule has 3 rings (SSSR count). The van der Waals surface area contributed by atoms with E-state index in [-0.39, 0.29) is 16.2 Å². The van der Waals surface area contributed by atoms with Crippen molar-refractivity contribution >= 4 is 39.7 Å². The molecule has 0 radical (unpaired) electrons. The van der Waals surface area contributed by atoms with Crippen LogP contribution in [0.4, 0.5) is 0 Å². The first-order chi connectivity index (χ1) is 10.6. The molecule has 3 aromatic heterocycles. The van der Waals surface area contributed by atoms with Crippen LogP contribution in [0.5, 0.6) is 0 Å². The van der Waals surface area contributed by atoms with Crippen molar-refractivity contribution in [3.63, 3.8) is 0 Å². The average Bonchev–Trinajstić information content (AvgIpc) is 2.83. The molecule has 0 saturated heterocycles. The predicted octanol–water partition coefficient (Wildman–Crippen LogP) is 2.28. The van der Waals surface area contributed by atoms with Gasteiger partial charge >= 0.3 is 0 Å². The highest BCUT2D eigenvalue weighted by atomic mass is 32.1. The molecule has 0 saturated carbocycles. The van der Waals surface area contributed by atoms with E-state index in [1.54, 1.807) is 19.3 Å². The highest BCUT2D eigenvalue weighted by molar-refractivity contribution is 7.71. The van der Waals surface area contributed by atoms with Crippen LogP contribution in [0.2, 0.25) is 0 Å². The highest BCUT2D eigenvalue weighted by Gasteiger charge is 2.17. The number of nitrogens with one attached hydrogen (secondary N) is 3. The monoisotopic (exact) mass is 332 g/mol. The lowest BCUT2D eigenvalue weighted by atomic mass is 10.2. The van der Waals surface area contributed by atoms with Gasteiger partial charge in [-0.3, -0.25) is 19.6 Å². The van der Waals surface area contributed by atoms with Gasteiger partial charge in [-0.2, -0.15) is 0 Å². The van der Waals surface area contributed by atoms with Gasteiger partial charge in [0.2, 0.25) is 0 Å². The Morgan fingerprint density at radius 3 is 3.00 bits per heavy atom. The van der Waals surface area contributed by atoms with E-state index in [9.17, 15) is 9.59 Å². The molecule has 0 unspecified atom stereocenters. The molecule has 3 N–H and O–H groups in total. The number of amides is 1. The first-order valence-electron chi connectivity index (χ1n) is 6.49. The number of nitrogens with zero attached hydrogens (tertiary/aromatic N) is 1. The fraction of sp³-hybridized carbons (Fsp3) is 0.143. The summed E-state index contributed by atoms with van der Waals surface area (Å²) in [4.78, 5) is 34.8. The van der Waals surface area contributed by atoms with Gasteiger partial charge < -0.3 is 10.3 Å². The van der Waals surface area contributed by atoms with Crippen LogP contribution in [-0.4, -0.2) is 20.9 Å². The fourth-order valence-electron chi connectivity index (χ4n) is 2.16. The van der Waals surface area contributed by atoms with Crippen molar-refractivity contribution in [2.45, 2.75) is 13.5 Å². The van der Waals surface area contributed by atoms with Gasteiger partial charge in [-0.05, 0) is 36.3 Å². The van der Waals surface area contributed by atoms with Crippen LogP contribution < -0.4 is 10.9 Å². The number of hydrogen-bond donors (Lipinski definition) is 3. The number of carbonyl (C=O) groups excluding carboxylic acids is 1. The summed E-state index contributed by atoms with van der Waals surface area (Å²) in [5, 5.41) is 3.31. The summed E-state index contributed by atoms with van der Waals surface area (Å²) in [5.74, 6) is -0.221. The molecule has 22 heavy (non-hydrogen) atoms. The van der Waals surface area contributed by atoms with E-state index in [4.69, 9.17) is 12.2 Å². The van der Waals surface area contributed by atoms with Crippen molar-refractivity contribution in [1.82, 2.24) is 20.3 Å². The maximum Gasteiger partial charge on any atom is 0.261 e. The van der Waals surface area contributed by atoms with Crippen LogP contribution in [0, 0.1) is 11.7 Å². The van der Waals surface area contributed by atoms with Crippen LogP contribution in [-0.2, 0) is 6.54 Å². The van der Waals surface area contributed by atoms with Crippen molar-refractivity contribution in [3.05, 3.63) is 55.7 Å².